The molecule has 1 heterocycles. The molecule has 84 valence electrons. The Labute approximate surface area is 92.4 Å². The summed E-state index contributed by atoms with van der Waals surface area (Å²) in [6.45, 7) is 4.54. The second-order valence-corrected chi connectivity index (χ2v) is 4.88. The van der Waals surface area contributed by atoms with E-state index in [4.69, 9.17) is 5.26 Å². The fraction of sp³-hybridized carbons (Fsp3) is 0.917. The lowest BCUT2D eigenvalue weighted by molar-refractivity contribution is 0.201. The molecule has 1 saturated carbocycles. The molecule has 2 rings (SSSR count). The molecule has 3 nitrogen and oxygen atoms in total. The van der Waals surface area contributed by atoms with E-state index >= 15 is 0 Å². The molecule has 0 unspecified atom stereocenters. The minimum Gasteiger partial charge on any atom is -0.314 e. The van der Waals surface area contributed by atoms with Gasteiger partial charge in [-0.15, -0.1) is 0 Å². The Morgan fingerprint density at radius 3 is 2.53 bits per heavy atom. The molecule has 0 atom stereocenters. The van der Waals surface area contributed by atoms with Gasteiger partial charge in [0.05, 0.1) is 6.07 Å². The van der Waals surface area contributed by atoms with Crippen LogP contribution in [0.2, 0.25) is 0 Å². The maximum absolute atomic E-state index is 8.51. The molecule has 1 N–H and O–H groups in total. The van der Waals surface area contributed by atoms with E-state index < -0.39 is 0 Å². The van der Waals surface area contributed by atoms with Gasteiger partial charge in [-0.25, -0.2) is 0 Å². The molecule has 1 saturated heterocycles. The van der Waals surface area contributed by atoms with Crippen molar-refractivity contribution >= 4 is 0 Å². The van der Waals surface area contributed by atoms with Crippen molar-refractivity contribution in [2.75, 3.05) is 26.2 Å². The molecule has 0 aromatic heterocycles. The quantitative estimate of drug-likeness (QED) is 0.740. The molecule has 2 aliphatic rings. The van der Waals surface area contributed by atoms with E-state index in [1.54, 1.807) is 0 Å². The van der Waals surface area contributed by atoms with E-state index in [0.29, 0.717) is 6.42 Å². The molecule has 0 spiro atoms. The van der Waals surface area contributed by atoms with Gasteiger partial charge in [0.15, 0.2) is 0 Å². The third-order valence-corrected chi connectivity index (χ3v) is 3.52. The summed E-state index contributed by atoms with van der Waals surface area (Å²) >= 11 is 0. The number of hydrogen-bond donors (Lipinski definition) is 1. The zero-order valence-corrected chi connectivity index (χ0v) is 9.41. The number of likely N-dealkylation sites (tertiary alicyclic amines) is 1. The van der Waals surface area contributed by atoms with Crippen molar-refractivity contribution in [2.45, 2.75) is 38.1 Å². The van der Waals surface area contributed by atoms with Gasteiger partial charge in [-0.05, 0) is 51.2 Å². The van der Waals surface area contributed by atoms with Gasteiger partial charge in [-0.1, -0.05) is 0 Å². The number of nitrogens with zero attached hydrogens (tertiary/aromatic N) is 2. The van der Waals surface area contributed by atoms with Crippen LogP contribution in [0.3, 0.4) is 0 Å². The van der Waals surface area contributed by atoms with Crippen LogP contribution in [-0.4, -0.2) is 37.1 Å². The summed E-state index contributed by atoms with van der Waals surface area (Å²) in [6.07, 6.45) is 6.08. The summed E-state index contributed by atoms with van der Waals surface area (Å²) in [6, 6.07) is 2.96. The largest absolute Gasteiger partial charge is 0.314 e. The average molecular weight is 207 g/mol. The summed E-state index contributed by atoms with van der Waals surface area (Å²) in [7, 11) is 0. The van der Waals surface area contributed by atoms with Crippen molar-refractivity contribution in [2.24, 2.45) is 5.92 Å². The molecule has 15 heavy (non-hydrogen) atoms. The fourth-order valence-corrected chi connectivity index (χ4v) is 2.22. The van der Waals surface area contributed by atoms with Crippen LogP contribution in [0, 0.1) is 17.2 Å². The van der Waals surface area contributed by atoms with E-state index in [2.05, 4.69) is 16.3 Å². The van der Waals surface area contributed by atoms with E-state index in [1.807, 2.05) is 0 Å². The van der Waals surface area contributed by atoms with Gasteiger partial charge in [-0.2, -0.15) is 5.26 Å². The number of nitrogens with one attached hydrogen (secondary N) is 1. The lowest BCUT2D eigenvalue weighted by Crippen LogP contribution is -2.43. The maximum Gasteiger partial charge on any atom is 0.0635 e. The van der Waals surface area contributed by atoms with Crippen LogP contribution in [0.15, 0.2) is 0 Å². The van der Waals surface area contributed by atoms with Gasteiger partial charge in [0.2, 0.25) is 0 Å². The highest BCUT2D eigenvalue weighted by Crippen LogP contribution is 2.28. The molecule has 1 aliphatic heterocycles. The lowest BCUT2D eigenvalue weighted by Gasteiger charge is -2.31. The first-order valence-corrected chi connectivity index (χ1v) is 6.21. The zero-order valence-electron chi connectivity index (χ0n) is 9.41. The second kappa shape index (κ2) is 5.48. The fourth-order valence-electron chi connectivity index (χ4n) is 2.22. The maximum atomic E-state index is 8.51. The van der Waals surface area contributed by atoms with Crippen molar-refractivity contribution < 1.29 is 0 Å². The van der Waals surface area contributed by atoms with Crippen molar-refractivity contribution in [1.29, 1.82) is 5.26 Å². The molecule has 2 fully saturated rings. The van der Waals surface area contributed by atoms with Gasteiger partial charge in [0.25, 0.3) is 0 Å². The molecule has 0 aromatic rings. The first kappa shape index (κ1) is 10.9. The molecular formula is C12H21N3. The summed E-state index contributed by atoms with van der Waals surface area (Å²) in [5.41, 5.74) is 0. The van der Waals surface area contributed by atoms with E-state index in [9.17, 15) is 0 Å². The highest BCUT2D eigenvalue weighted by molar-refractivity contribution is 4.82. The van der Waals surface area contributed by atoms with Crippen LogP contribution >= 0.6 is 0 Å². The third kappa shape index (κ3) is 3.81. The Balaban J connectivity index is 1.56. The number of nitriles is 1. The van der Waals surface area contributed by atoms with Crippen molar-refractivity contribution in [1.82, 2.24) is 10.2 Å². The summed E-state index contributed by atoms with van der Waals surface area (Å²) in [5, 5.41) is 12.2. The van der Waals surface area contributed by atoms with Gasteiger partial charge in [0, 0.05) is 19.0 Å². The Morgan fingerprint density at radius 1 is 1.20 bits per heavy atom. The molecule has 3 heteroatoms. The Bertz CT molecular complexity index is 222. The van der Waals surface area contributed by atoms with E-state index in [-0.39, 0.29) is 0 Å². The van der Waals surface area contributed by atoms with Crippen molar-refractivity contribution in [3.63, 3.8) is 0 Å². The number of piperidine rings is 1. The summed E-state index contributed by atoms with van der Waals surface area (Å²) in [5.74, 6) is 0.988. The van der Waals surface area contributed by atoms with E-state index in [1.165, 1.54) is 45.3 Å². The first-order valence-electron chi connectivity index (χ1n) is 6.21. The van der Waals surface area contributed by atoms with Crippen LogP contribution in [0.25, 0.3) is 0 Å². The lowest BCUT2D eigenvalue weighted by atomic mass is 10.0. The van der Waals surface area contributed by atoms with Crippen LogP contribution < -0.4 is 5.32 Å². The van der Waals surface area contributed by atoms with Gasteiger partial charge >= 0.3 is 0 Å². The topological polar surface area (TPSA) is 39.1 Å². The SMILES string of the molecule is N#CCCN1CCC(NCC2CC2)CC1. The predicted molar refractivity (Wildman–Crippen MR) is 60.4 cm³/mol. The summed E-state index contributed by atoms with van der Waals surface area (Å²) in [4.78, 5) is 2.42. The molecular weight excluding hydrogens is 186 g/mol. The van der Waals surface area contributed by atoms with Gasteiger partial charge in [0.1, 0.15) is 0 Å². The highest BCUT2D eigenvalue weighted by atomic mass is 15.1. The predicted octanol–water partition coefficient (Wildman–Crippen LogP) is 1.36. The molecule has 1 aliphatic carbocycles. The minimum absolute atomic E-state index is 0.681. The Morgan fingerprint density at radius 2 is 1.93 bits per heavy atom. The standard InChI is InChI=1S/C12H21N3/c13-6-1-7-15-8-4-12(5-9-15)14-10-11-2-3-11/h11-12,14H,1-5,7-10H2. The molecule has 0 amide bonds. The first-order chi connectivity index (χ1) is 7.38. The second-order valence-electron chi connectivity index (χ2n) is 4.88. The molecule has 0 radical (unpaired) electrons. The average Bonchev–Trinajstić information content (AvgIpc) is 3.09. The van der Waals surface area contributed by atoms with Gasteiger partial charge < -0.3 is 10.2 Å². The van der Waals surface area contributed by atoms with Crippen molar-refractivity contribution in [3.8, 4) is 6.07 Å². The molecule has 0 aromatic carbocycles. The smallest absolute Gasteiger partial charge is 0.0635 e. The van der Waals surface area contributed by atoms with Crippen molar-refractivity contribution in [3.05, 3.63) is 0 Å². The normalized spacial score (nSPS) is 23.9. The van der Waals surface area contributed by atoms with Crippen LogP contribution in [-0.2, 0) is 0 Å². The monoisotopic (exact) mass is 207 g/mol. The highest BCUT2D eigenvalue weighted by Gasteiger charge is 2.24. The van der Waals surface area contributed by atoms with Crippen LogP contribution in [0.4, 0.5) is 0 Å². The van der Waals surface area contributed by atoms with E-state index in [0.717, 1.165) is 18.5 Å². The number of rotatable bonds is 5. The van der Waals surface area contributed by atoms with Gasteiger partial charge in [-0.3, -0.25) is 0 Å². The van der Waals surface area contributed by atoms with Crippen LogP contribution in [0.1, 0.15) is 32.1 Å². The zero-order chi connectivity index (χ0) is 10.5. The minimum atomic E-state index is 0.681. The third-order valence-electron chi connectivity index (χ3n) is 3.52. The molecule has 0 bridgehead atoms. The summed E-state index contributed by atoms with van der Waals surface area (Å²) < 4.78 is 0. The van der Waals surface area contributed by atoms with Crippen LogP contribution in [0.5, 0.6) is 0 Å². The Kier molecular flexibility index (Phi) is 3.99. The Hall–Kier alpha value is -0.590. The number of hydrogen-bond acceptors (Lipinski definition) is 3.